The number of benzene rings is 2. The van der Waals surface area contributed by atoms with Crippen molar-refractivity contribution in [3.05, 3.63) is 74.3 Å². The van der Waals surface area contributed by atoms with E-state index >= 15 is 0 Å². The van der Waals surface area contributed by atoms with Crippen molar-refractivity contribution in [1.29, 1.82) is 10.5 Å². The summed E-state index contributed by atoms with van der Waals surface area (Å²) >= 11 is 11.6. The number of hydrogen-bond acceptors (Lipinski definition) is 3. The molecule has 0 atom stereocenters. The summed E-state index contributed by atoms with van der Waals surface area (Å²) in [7, 11) is 0. The Balaban J connectivity index is 0.000000240. The summed E-state index contributed by atoms with van der Waals surface area (Å²) in [6, 6.07) is 10.6. The topological polar surface area (TPSA) is 64.7 Å². The average Bonchev–Trinajstić information content (AvgIpc) is 2.54. The number of halogens is 2. The van der Waals surface area contributed by atoms with E-state index in [1.165, 1.54) is 6.07 Å². The number of nitriles is 2. The van der Waals surface area contributed by atoms with Gasteiger partial charge in [-0.3, -0.25) is 4.79 Å². The lowest BCUT2D eigenvalue weighted by atomic mass is 10.1. The summed E-state index contributed by atoms with van der Waals surface area (Å²) in [5, 5.41) is 18.1. The molecule has 0 saturated carbocycles. The maximum Gasteiger partial charge on any atom is 0.151 e. The number of carbonyl (C=O) groups is 1. The highest BCUT2D eigenvalue weighted by Gasteiger charge is 2.04. The smallest absolute Gasteiger partial charge is 0.151 e. The van der Waals surface area contributed by atoms with Gasteiger partial charge in [0.1, 0.15) is 0 Å². The Labute approximate surface area is 151 Å². The highest BCUT2D eigenvalue weighted by atomic mass is 35.5. The number of hydrogen-bond donors (Lipinski definition) is 0. The molecule has 120 valence electrons. The molecule has 0 aliphatic carbocycles. The van der Waals surface area contributed by atoms with Crippen molar-refractivity contribution < 1.29 is 4.79 Å². The Morgan fingerprint density at radius 3 is 1.62 bits per heavy atom. The maximum absolute atomic E-state index is 10.5. The van der Waals surface area contributed by atoms with Crippen LogP contribution in [0.3, 0.4) is 0 Å². The van der Waals surface area contributed by atoms with E-state index in [0.717, 1.165) is 16.7 Å². The van der Waals surface area contributed by atoms with Crippen molar-refractivity contribution in [1.82, 2.24) is 0 Å². The van der Waals surface area contributed by atoms with Crippen molar-refractivity contribution in [2.24, 2.45) is 0 Å². The Morgan fingerprint density at radius 2 is 1.33 bits per heavy atom. The first kappa shape index (κ1) is 19.5. The first-order chi connectivity index (χ1) is 11.4. The van der Waals surface area contributed by atoms with Gasteiger partial charge in [-0.25, -0.2) is 0 Å². The van der Waals surface area contributed by atoms with Crippen molar-refractivity contribution in [3.8, 4) is 12.1 Å². The van der Waals surface area contributed by atoms with Gasteiger partial charge < -0.3 is 0 Å². The molecule has 2 rings (SSSR count). The standard InChI is InChI=1S/C10H8ClN.C9H6ClNO/c1-3-9-7(2)4-8(6-12)5-10(9)11;1-6-2-7(4-11)3-9(10)8(6)5-12/h3-5H,1H2,2H3;2-3,5H,1H3. The average molecular weight is 357 g/mol. The molecule has 2 aromatic carbocycles. The van der Waals surface area contributed by atoms with Gasteiger partial charge in [0.05, 0.1) is 28.3 Å². The van der Waals surface area contributed by atoms with Crippen LogP contribution in [-0.4, -0.2) is 6.29 Å². The molecule has 24 heavy (non-hydrogen) atoms. The second-order valence-electron chi connectivity index (χ2n) is 4.92. The highest BCUT2D eigenvalue weighted by Crippen LogP contribution is 2.22. The van der Waals surface area contributed by atoms with Crippen LogP contribution in [0.1, 0.15) is 38.2 Å². The lowest BCUT2D eigenvalue weighted by Crippen LogP contribution is -1.89. The Hall–Kier alpha value is -2.59. The minimum Gasteiger partial charge on any atom is -0.298 e. The van der Waals surface area contributed by atoms with E-state index in [1.807, 2.05) is 19.1 Å². The minimum absolute atomic E-state index is 0.335. The second-order valence-corrected chi connectivity index (χ2v) is 5.74. The van der Waals surface area contributed by atoms with E-state index in [2.05, 4.69) is 6.58 Å². The molecule has 0 aromatic heterocycles. The molecule has 0 amide bonds. The van der Waals surface area contributed by atoms with Crippen LogP contribution in [0.25, 0.3) is 6.08 Å². The lowest BCUT2D eigenvalue weighted by molar-refractivity contribution is 0.112. The number of aryl methyl sites for hydroxylation is 2. The van der Waals surface area contributed by atoms with Gasteiger partial charge in [-0.05, 0) is 54.8 Å². The Kier molecular flexibility index (Phi) is 7.21. The van der Waals surface area contributed by atoms with E-state index in [4.69, 9.17) is 33.7 Å². The van der Waals surface area contributed by atoms with Crippen molar-refractivity contribution in [2.45, 2.75) is 13.8 Å². The first-order valence-corrected chi connectivity index (χ1v) is 7.61. The van der Waals surface area contributed by atoms with Crippen LogP contribution in [0.15, 0.2) is 30.8 Å². The lowest BCUT2D eigenvalue weighted by Gasteiger charge is -2.02. The number of aldehydes is 1. The quantitative estimate of drug-likeness (QED) is 0.667. The summed E-state index contributed by atoms with van der Waals surface area (Å²) in [5.74, 6) is 0. The van der Waals surface area contributed by atoms with Crippen LogP contribution >= 0.6 is 23.2 Å². The zero-order valence-corrected chi connectivity index (χ0v) is 14.7. The fourth-order valence-corrected chi connectivity index (χ4v) is 2.70. The largest absolute Gasteiger partial charge is 0.298 e. The third-order valence-corrected chi connectivity index (χ3v) is 3.88. The van der Waals surface area contributed by atoms with Crippen LogP contribution in [0.5, 0.6) is 0 Å². The van der Waals surface area contributed by atoms with E-state index in [0.29, 0.717) is 33.0 Å². The van der Waals surface area contributed by atoms with E-state index in [9.17, 15) is 4.79 Å². The van der Waals surface area contributed by atoms with Gasteiger partial charge in [0.2, 0.25) is 0 Å². The third-order valence-electron chi connectivity index (χ3n) is 3.25. The summed E-state index contributed by atoms with van der Waals surface area (Å²) in [5.41, 5.74) is 4.13. The molecule has 0 heterocycles. The molecule has 0 N–H and O–H groups in total. The predicted molar refractivity (Wildman–Crippen MR) is 97.3 cm³/mol. The summed E-state index contributed by atoms with van der Waals surface area (Å²) in [6.07, 6.45) is 2.39. The molecule has 0 bridgehead atoms. The summed E-state index contributed by atoms with van der Waals surface area (Å²) in [4.78, 5) is 10.5. The van der Waals surface area contributed by atoms with Gasteiger partial charge in [0.15, 0.2) is 6.29 Å². The zero-order valence-electron chi connectivity index (χ0n) is 13.2. The fraction of sp³-hybridized carbons (Fsp3) is 0.105. The van der Waals surface area contributed by atoms with E-state index in [-0.39, 0.29) is 0 Å². The normalized spacial score (nSPS) is 9.08. The molecule has 0 fully saturated rings. The molecule has 0 radical (unpaired) electrons. The minimum atomic E-state index is 0.335. The number of rotatable bonds is 2. The molecule has 0 unspecified atom stereocenters. The van der Waals surface area contributed by atoms with Crippen molar-refractivity contribution in [3.63, 3.8) is 0 Å². The maximum atomic E-state index is 10.5. The van der Waals surface area contributed by atoms with Gasteiger partial charge in [0, 0.05) is 10.6 Å². The van der Waals surface area contributed by atoms with E-state index in [1.54, 1.807) is 31.2 Å². The Morgan fingerprint density at radius 1 is 0.917 bits per heavy atom. The molecular formula is C19H14Cl2N2O. The third kappa shape index (κ3) is 4.70. The zero-order chi connectivity index (χ0) is 18.3. The van der Waals surface area contributed by atoms with Crippen LogP contribution in [0.4, 0.5) is 0 Å². The van der Waals surface area contributed by atoms with Crippen LogP contribution in [0.2, 0.25) is 10.0 Å². The van der Waals surface area contributed by atoms with E-state index < -0.39 is 0 Å². The van der Waals surface area contributed by atoms with Crippen LogP contribution < -0.4 is 0 Å². The van der Waals surface area contributed by atoms with Gasteiger partial charge in [-0.15, -0.1) is 0 Å². The Bertz CT molecular complexity index is 754. The molecule has 0 aliphatic rings. The molecule has 2 aromatic rings. The molecule has 5 heteroatoms. The molecular weight excluding hydrogens is 343 g/mol. The van der Waals surface area contributed by atoms with Gasteiger partial charge in [-0.2, -0.15) is 10.5 Å². The van der Waals surface area contributed by atoms with Crippen molar-refractivity contribution in [2.75, 3.05) is 0 Å². The predicted octanol–water partition coefficient (Wildman–Crippen LogP) is 5.50. The van der Waals surface area contributed by atoms with Gasteiger partial charge in [0.25, 0.3) is 0 Å². The summed E-state index contributed by atoms with van der Waals surface area (Å²) < 4.78 is 0. The van der Waals surface area contributed by atoms with Gasteiger partial charge >= 0.3 is 0 Å². The van der Waals surface area contributed by atoms with Gasteiger partial charge in [-0.1, -0.05) is 35.9 Å². The molecule has 0 spiro atoms. The number of nitrogens with zero attached hydrogens (tertiary/aromatic N) is 2. The van der Waals surface area contributed by atoms with Crippen LogP contribution in [0, 0.1) is 36.5 Å². The fourth-order valence-electron chi connectivity index (χ4n) is 2.05. The summed E-state index contributed by atoms with van der Waals surface area (Å²) in [6.45, 7) is 7.29. The molecule has 0 aliphatic heterocycles. The first-order valence-electron chi connectivity index (χ1n) is 6.86. The van der Waals surface area contributed by atoms with Crippen LogP contribution in [-0.2, 0) is 0 Å². The molecule has 0 saturated heterocycles. The second kappa shape index (κ2) is 8.89. The monoisotopic (exact) mass is 356 g/mol. The molecule has 3 nitrogen and oxygen atoms in total. The number of carbonyl (C=O) groups excluding carboxylic acids is 1. The SMILES string of the molecule is C=Cc1c(C)cc(C#N)cc1Cl.Cc1cc(C#N)cc(Cl)c1C=O. The highest BCUT2D eigenvalue weighted by molar-refractivity contribution is 6.33. The van der Waals surface area contributed by atoms with Crippen molar-refractivity contribution >= 4 is 35.6 Å².